The molecule has 0 unspecified atom stereocenters. The molecule has 1 saturated heterocycles. The lowest BCUT2D eigenvalue weighted by Crippen LogP contribution is -2.22. The lowest BCUT2D eigenvalue weighted by molar-refractivity contribution is -0.121. The normalized spacial score (nSPS) is 19.8. The van der Waals surface area contributed by atoms with Gasteiger partial charge >= 0.3 is 0 Å². The van der Waals surface area contributed by atoms with Crippen molar-refractivity contribution in [3.63, 3.8) is 0 Å². The van der Waals surface area contributed by atoms with Gasteiger partial charge in [0.15, 0.2) is 0 Å². The topological polar surface area (TPSA) is 20.3 Å². The van der Waals surface area contributed by atoms with E-state index in [0.29, 0.717) is 9.23 Å². The first-order valence-corrected chi connectivity index (χ1v) is 6.04. The van der Waals surface area contributed by atoms with Gasteiger partial charge in [0.1, 0.15) is 4.32 Å². The predicted molar refractivity (Wildman–Crippen MR) is 65.3 cm³/mol. The van der Waals surface area contributed by atoms with Crippen LogP contribution in [0, 0.1) is 0 Å². The molecule has 2 nitrogen and oxygen atoms in total. The standard InChI is InChI=1S/C9H7NOS3/c1-10-8(11)7(14-9(10)12)5-6-3-2-4-13-6/h2-5H,1H3. The van der Waals surface area contributed by atoms with Crippen molar-refractivity contribution in [3.05, 3.63) is 27.3 Å². The van der Waals surface area contributed by atoms with Gasteiger partial charge < -0.3 is 0 Å². The van der Waals surface area contributed by atoms with Crippen molar-refractivity contribution in [2.45, 2.75) is 0 Å². The van der Waals surface area contributed by atoms with Crippen LogP contribution in [0.1, 0.15) is 4.88 Å². The van der Waals surface area contributed by atoms with Crippen LogP contribution in [0.2, 0.25) is 0 Å². The first-order chi connectivity index (χ1) is 6.68. The molecule has 0 bridgehead atoms. The average molecular weight is 241 g/mol. The number of carbonyl (C=O) groups excluding carboxylic acids is 1. The van der Waals surface area contributed by atoms with E-state index in [1.54, 1.807) is 18.4 Å². The molecule has 1 aromatic rings. The molecule has 0 N–H and O–H groups in total. The highest BCUT2D eigenvalue weighted by atomic mass is 32.2. The molecule has 1 amide bonds. The first-order valence-electron chi connectivity index (χ1n) is 3.93. The fourth-order valence-corrected chi connectivity index (χ4v) is 2.95. The van der Waals surface area contributed by atoms with Crippen LogP contribution in [0.5, 0.6) is 0 Å². The maximum absolute atomic E-state index is 11.6. The molecule has 1 aliphatic heterocycles. The molecule has 72 valence electrons. The predicted octanol–water partition coefficient (Wildman–Crippen LogP) is 2.58. The summed E-state index contributed by atoms with van der Waals surface area (Å²) in [5.74, 6) is -0.00611. The number of likely N-dealkylation sites (N-methyl/N-ethyl adjacent to an activating group) is 1. The lowest BCUT2D eigenvalue weighted by Gasteiger charge is -2.03. The van der Waals surface area contributed by atoms with Crippen LogP contribution in [0.25, 0.3) is 6.08 Å². The summed E-state index contributed by atoms with van der Waals surface area (Å²) in [6, 6.07) is 3.94. The molecule has 0 radical (unpaired) electrons. The quantitative estimate of drug-likeness (QED) is 0.557. The van der Waals surface area contributed by atoms with Crippen molar-refractivity contribution in [1.82, 2.24) is 4.90 Å². The van der Waals surface area contributed by atoms with E-state index in [4.69, 9.17) is 12.2 Å². The van der Waals surface area contributed by atoms with Crippen molar-refractivity contribution >= 4 is 51.6 Å². The van der Waals surface area contributed by atoms with E-state index in [9.17, 15) is 4.79 Å². The van der Waals surface area contributed by atoms with Crippen molar-refractivity contribution in [2.24, 2.45) is 0 Å². The summed E-state index contributed by atoms with van der Waals surface area (Å²) in [6.45, 7) is 0. The molecule has 2 rings (SSSR count). The third kappa shape index (κ3) is 1.75. The smallest absolute Gasteiger partial charge is 0.265 e. The number of thiocarbonyl (C=S) groups is 1. The molecule has 0 aliphatic carbocycles. The van der Waals surface area contributed by atoms with E-state index in [1.807, 2.05) is 23.6 Å². The average Bonchev–Trinajstić information content (AvgIpc) is 2.73. The second-order valence-corrected chi connectivity index (χ2v) is 5.41. The van der Waals surface area contributed by atoms with Crippen molar-refractivity contribution in [3.8, 4) is 0 Å². The number of thiophene rings is 1. The van der Waals surface area contributed by atoms with Crippen LogP contribution in [-0.2, 0) is 4.79 Å². The number of hydrogen-bond acceptors (Lipinski definition) is 4. The third-order valence-electron chi connectivity index (χ3n) is 1.80. The highest BCUT2D eigenvalue weighted by Gasteiger charge is 2.28. The Bertz CT molecular complexity index is 408. The second-order valence-electron chi connectivity index (χ2n) is 2.76. The van der Waals surface area contributed by atoms with Crippen LogP contribution in [0.3, 0.4) is 0 Å². The summed E-state index contributed by atoms with van der Waals surface area (Å²) in [4.78, 5) is 14.9. The molecular formula is C9H7NOS3. The van der Waals surface area contributed by atoms with Gasteiger partial charge in [-0.05, 0) is 17.5 Å². The van der Waals surface area contributed by atoms with Crippen molar-refractivity contribution < 1.29 is 4.79 Å². The van der Waals surface area contributed by atoms with Crippen LogP contribution in [-0.4, -0.2) is 22.2 Å². The molecule has 0 saturated carbocycles. The zero-order valence-electron chi connectivity index (χ0n) is 7.39. The molecular weight excluding hydrogens is 234 g/mol. The number of rotatable bonds is 1. The van der Waals surface area contributed by atoms with Gasteiger partial charge in [0.2, 0.25) is 0 Å². The SMILES string of the molecule is CN1C(=O)C(=Cc2cccs2)SC1=S. The van der Waals surface area contributed by atoms with E-state index in [-0.39, 0.29) is 5.91 Å². The van der Waals surface area contributed by atoms with Gasteiger partial charge in [0.25, 0.3) is 5.91 Å². The molecule has 2 heterocycles. The third-order valence-corrected chi connectivity index (χ3v) is 4.11. The van der Waals surface area contributed by atoms with Crippen molar-refractivity contribution in [2.75, 3.05) is 7.05 Å². The van der Waals surface area contributed by atoms with E-state index in [2.05, 4.69) is 0 Å². The zero-order valence-corrected chi connectivity index (χ0v) is 9.84. The molecule has 1 fully saturated rings. The van der Waals surface area contributed by atoms with Gasteiger partial charge in [0.05, 0.1) is 4.91 Å². The Morgan fingerprint density at radius 3 is 2.86 bits per heavy atom. The summed E-state index contributed by atoms with van der Waals surface area (Å²) >= 11 is 7.99. The summed E-state index contributed by atoms with van der Waals surface area (Å²) in [5.41, 5.74) is 0. The van der Waals surface area contributed by atoms with Crippen LogP contribution in [0.15, 0.2) is 22.4 Å². The largest absolute Gasteiger partial charge is 0.296 e. The molecule has 0 spiro atoms. The van der Waals surface area contributed by atoms with Crippen LogP contribution >= 0.6 is 35.3 Å². The highest BCUT2D eigenvalue weighted by molar-refractivity contribution is 8.26. The number of amides is 1. The van der Waals surface area contributed by atoms with Gasteiger partial charge in [-0.2, -0.15) is 0 Å². The minimum atomic E-state index is -0.00611. The highest BCUT2D eigenvalue weighted by Crippen LogP contribution is 2.31. The molecule has 1 aliphatic rings. The summed E-state index contributed by atoms with van der Waals surface area (Å²) < 4.78 is 0.623. The number of hydrogen-bond donors (Lipinski definition) is 0. The molecule has 0 aromatic carbocycles. The lowest BCUT2D eigenvalue weighted by atomic mass is 10.4. The van der Waals surface area contributed by atoms with Gasteiger partial charge in [-0.3, -0.25) is 9.69 Å². The zero-order chi connectivity index (χ0) is 10.1. The Morgan fingerprint density at radius 2 is 2.36 bits per heavy atom. The molecule has 5 heteroatoms. The summed E-state index contributed by atoms with van der Waals surface area (Å²) in [6.07, 6.45) is 1.88. The number of carbonyl (C=O) groups is 1. The monoisotopic (exact) mass is 241 g/mol. The first kappa shape index (κ1) is 9.89. The summed E-state index contributed by atoms with van der Waals surface area (Å²) in [7, 11) is 1.70. The van der Waals surface area contributed by atoms with Crippen LogP contribution < -0.4 is 0 Å². The Balaban J connectivity index is 2.29. The fraction of sp³-hybridized carbons (Fsp3) is 0.111. The maximum Gasteiger partial charge on any atom is 0.265 e. The Hall–Kier alpha value is -0.650. The second kappa shape index (κ2) is 3.84. The molecule has 14 heavy (non-hydrogen) atoms. The van der Waals surface area contributed by atoms with E-state index in [0.717, 1.165) is 4.88 Å². The van der Waals surface area contributed by atoms with Crippen LogP contribution in [0.4, 0.5) is 0 Å². The Morgan fingerprint density at radius 1 is 1.57 bits per heavy atom. The van der Waals surface area contributed by atoms with E-state index >= 15 is 0 Å². The van der Waals surface area contributed by atoms with E-state index in [1.165, 1.54) is 16.7 Å². The Labute approximate surface area is 95.6 Å². The molecule has 0 atom stereocenters. The van der Waals surface area contributed by atoms with Crippen molar-refractivity contribution in [1.29, 1.82) is 0 Å². The fourth-order valence-electron chi connectivity index (χ4n) is 1.05. The minimum absolute atomic E-state index is 0.00611. The maximum atomic E-state index is 11.6. The minimum Gasteiger partial charge on any atom is -0.296 e. The number of nitrogens with zero attached hydrogens (tertiary/aromatic N) is 1. The van der Waals surface area contributed by atoms with Gasteiger partial charge in [-0.15, -0.1) is 11.3 Å². The number of thioether (sulfide) groups is 1. The summed E-state index contributed by atoms with van der Waals surface area (Å²) in [5, 5.41) is 1.98. The van der Waals surface area contributed by atoms with Gasteiger partial charge in [0, 0.05) is 11.9 Å². The molecule has 1 aromatic heterocycles. The van der Waals surface area contributed by atoms with E-state index < -0.39 is 0 Å². The van der Waals surface area contributed by atoms with Gasteiger partial charge in [-0.1, -0.05) is 30.0 Å². The Kier molecular flexibility index (Phi) is 2.71. The van der Waals surface area contributed by atoms with Gasteiger partial charge in [-0.25, -0.2) is 0 Å².